The van der Waals surface area contributed by atoms with Crippen molar-refractivity contribution in [3.05, 3.63) is 27.7 Å². The van der Waals surface area contributed by atoms with E-state index in [1.807, 2.05) is 4.98 Å². The molecule has 0 aliphatic rings. The molecule has 0 unspecified atom stereocenters. The number of aromatic carboxylic acids is 1. The summed E-state index contributed by atoms with van der Waals surface area (Å²) in [6.07, 6.45) is -5.10. The number of pyridine rings is 1. The van der Waals surface area contributed by atoms with E-state index in [0.29, 0.717) is 6.07 Å². The minimum atomic E-state index is -5.10. The van der Waals surface area contributed by atoms with Gasteiger partial charge in [0, 0.05) is 11.8 Å². The molecule has 0 aromatic carbocycles. The Kier molecular flexibility index (Phi) is 3.66. The van der Waals surface area contributed by atoms with E-state index in [2.05, 4.69) is 4.74 Å². The molecule has 17 heavy (non-hydrogen) atoms. The molecule has 0 amide bonds. The van der Waals surface area contributed by atoms with Crippen molar-refractivity contribution in [1.82, 2.24) is 4.98 Å². The number of carbonyl (C=O) groups is 1. The molecular weight excluding hydrogens is 267 g/mol. The molecule has 0 bridgehead atoms. The van der Waals surface area contributed by atoms with E-state index in [1.54, 1.807) is 0 Å². The summed E-state index contributed by atoms with van der Waals surface area (Å²) in [6.45, 7) is 0. The lowest BCUT2D eigenvalue weighted by atomic mass is 10.2. The third-order valence-electron chi connectivity index (χ3n) is 1.64. The van der Waals surface area contributed by atoms with Crippen LogP contribution in [0.1, 0.15) is 16.1 Å². The molecular formula is C8H5ClF3NO4. The Labute approximate surface area is 96.8 Å². The van der Waals surface area contributed by atoms with Crippen LogP contribution in [0, 0.1) is 0 Å². The highest BCUT2D eigenvalue weighted by Gasteiger charge is 2.34. The maximum Gasteiger partial charge on any atom is 0.573 e. The zero-order valence-electron chi connectivity index (χ0n) is 7.97. The van der Waals surface area contributed by atoms with Gasteiger partial charge in [0.05, 0.1) is 5.88 Å². The van der Waals surface area contributed by atoms with E-state index in [-0.39, 0.29) is 11.6 Å². The Morgan fingerprint density at radius 2 is 2.12 bits per heavy atom. The fourth-order valence-corrected chi connectivity index (χ4v) is 1.21. The molecule has 0 saturated carbocycles. The molecule has 2 N–H and O–H groups in total. The van der Waals surface area contributed by atoms with Crippen LogP contribution in [0.5, 0.6) is 5.75 Å². The third kappa shape index (κ3) is 3.38. The van der Waals surface area contributed by atoms with Crippen molar-refractivity contribution in [2.45, 2.75) is 12.2 Å². The minimum Gasteiger partial charge on any atom is -0.477 e. The van der Waals surface area contributed by atoms with Gasteiger partial charge < -0.3 is 14.8 Å². The molecule has 0 fully saturated rings. The summed E-state index contributed by atoms with van der Waals surface area (Å²) < 4.78 is 39.4. The molecule has 0 radical (unpaired) electrons. The normalized spacial score (nSPS) is 11.3. The summed E-state index contributed by atoms with van der Waals surface area (Å²) in [6, 6.07) is 0.714. The first kappa shape index (κ1) is 13.4. The molecule has 0 aliphatic heterocycles. The number of carboxylic acids is 1. The standard InChI is InChI=1S/C8H5ClF3NO4/c9-2-3-1-4(17-8(10,11)12)5(7(15)16)6(14)13-3/h1H,2H2,(H,13,14)(H,15,16). The zero-order chi connectivity index (χ0) is 13.2. The van der Waals surface area contributed by atoms with E-state index in [1.165, 1.54) is 0 Å². The Hall–Kier alpha value is -1.70. The maximum atomic E-state index is 12.0. The van der Waals surface area contributed by atoms with Crippen molar-refractivity contribution in [3.63, 3.8) is 0 Å². The van der Waals surface area contributed by atoms with Gasteiger partial charge in [-0.25, -0.2) is 4.79 Å². The van der Waals surface area contributed by atoms with Crippen LogP contribution in [0.4, 0.5) is 13.2 Å². The van der Waals surface area contributed by atoms with Gasteiger partial charge in [0.25, 0.3) is 5.56 Å². The van der Waals surface area contributed by atoms with Crippen LogP contribution >= 0.6 is 11.6 Å². The maximum absolute atomic E-state index is 12.0. The highest BCUT2D eigenvalue weighted by molar-refractivity contribution is 6.16. The second-order valence-electron chi connectivity index (χ2n) is 2.85. The number of aromatic nitrogens is 1. The molecule has 0 atom stereocenters. The predicted molar refractivity (Wildman–Crippen MR) is 50.3 cm³/mol. The molecule has 0 aliphatic carbocycles. The van der Waals surface area contributed by atoms with Crippen molar-refractivity contribution in [1.29, 1.82) is 0 Å². The molecule has 1 aromatic heterocycles. The van der Waals surface area contributed by atoms with Crippen LogP contribution in [-0.2, 0) is 5.88 Å². The molecule has 5 nitrogen and oxygen atoms in total. The summed E-state index contributed by atoms with van der Waals surface area (Å²) in [5.74, 6) is -3.21. The fourth-order valence-electron chi connectivity index (χ4n) is 1.07. The summed E-state index contributed by atoms with van der Waals surface area (Å²) in [5, 5.41) is 8.61. The number of rotatable bonds is 3. The van der Waals surface area contributed by atoms with Crippen LogP contribution in [0.3, 0.4) is 0 Å². The Morgan fingerprint density at radius 1 is 1.53 bits per heavy atom. The number of halogens is 4. The lowest BCUT2D eigenvalue weighted by molar-refractivity contribution is -0.274. The van der Waals surface area contributed by atoms with Crippen molar-refractivity contribution in [3.8, 4) is 5.75 Å². The lowest BCUT2D eigenvalue weighted by Crippen LogP contribution is -2.25. The van der Waals surface area contributed by atoms with Crippen molar-refractivity contribution >= 4 is 17.6 Å². The van der Waals surface area contributed by atoms with E-state index >= 15 is 0 Å². The van der Waals surface area contributed by atoms with E-state index in [0.717, 1.165) is 0 Å². The Balaban J connectivity index is 3.38. The van der Waals surface area contributed by atoms with Crippen LogP contribution in [0.2, 0.25) is 0 Å². The van der Waals surface area contributed by atoms with Gasteiger partial charge in [0.15, 0.2) is 11.3 Å². The first-order chi connectivity index (χ1) is 7.74. The number of carboxylic acid groups (broad SMARTS) is 1. The van der Waals surface area contributed by atoms with Gasteiger partial charge in [-0.15, -0.1) is 24.8 Å². The second kappa shape index (κ2) is 4.66. The van der Waals surface area contributed by atoms with Crippen LogP contribution in [-0.4, -0.2) is 22.4 Å². The van der Waals surface area contributed by atoms with Crippen molar-refractivity contribution in [2.24, 2.45) is 0 Å². The van der Waals surface area contributed by atoms with E-state index in [9.17, 15) is 22.8 Å². The molecule has 94 valence electrons. The fraction of sp³-hybridized carbons (Fsp3) is 0.250. The molecule has 9 heteroatoms. The highest BCUT2D eigenvalue weighted by Crippen LogP contribution is 2.25. The SMILES string of the molecule is O=C(O)c1c(OC(F)(F)F)cc(CCl)[nH]c1=O. The highest BCUT2D eigenvalue weighted by atomic mass is 35.5. The molecule has 0 saturated heterocycles. The molecule has 0 spiro atoms. The van der Waals surface area contributed by atoms with Gasteiger partial charge in [0.1, 0.15) is 0 Å². The average molecular weight is 272 g/mol. The molecule has 1 aromatic rings. The Morgan fingerprint density at radius 3 is 2.53 bits per heavy atom. The minimum absolute atomic E-state index is 0.0825. The first-order valence-corrected chi connectivity index (χ1v) is 4.59. The monoisotopic (exact) mass is 271 g/mol. The van der Waals surface area contributed by atoms with E-state index in [4.69, 9.17) is 16.7 Å². The number of alkyl halides is 4. The predicted octanol–water partition coefficient (Wildman–Crippen LogP) is 1.71. The van der Waals surface area contributed by atoms with Crippen molar-refractivity contribution < 1.29 is 27.8 Å². The lowest BCUT2D eigenvalue weighted by Gasteiger charge is -2.11. The van der Waals surface area contributed by atoms with Gasteiger partial charge in [-0.1, -0.05) is 0 Å². The van der Waals surface area contributed by atoms with Gasteiger partial charge >= 0.3 is 12.3 Å². The smallest absolute Gasteiger partial charge is 0.477 e. The van der Waals surface area contributed by atoms with E-state index < -0.39 is 29.2 Å². The van der Waals surface area contributed by atoms with Crippen LogP contribution < -0.4 is 10.3 Å². The van der Waals surface area contributed by atoms with Gasteiger partial charge in [-0.05, 0) is 0 Å². The summed E-state index contributed by atoms with van der Waals surface area (Å²) in [4.78, 5) is 23.8. The van der Waals surface area contributed by atoms with Gasteiger partial charge in [-0.3, -0.25) is 4.79 Å². The number of hydrogen-bond acceptors (Lipinski definition) is 3. The number of aromatic amines is 1. The number of H-pyrrole nitrogens is 1. The Bertz CT molecular complexity index is 497. The third-order valence-corrected chi connectivity index (χ3v) is 1.92. The number of nitrogens with one attached hydrogen (secondary N) is 1. The van der Waals surface area contributed by atoms with Gasteiger partial charge in [-0.2, -0.15) is 0 Å². The second-order valence-corrected chi connectivity index (χ2v) is 3.12. The van der Waals surface area contributed by atoms with Gasteiger partial charge in [0.2, 0.25) is 0 Å². The zero-order valence-corrected chi connectivity index (χ0v) is 8.72. The van der Waals surface area contributed by atoms with Crippen LogP contribution in [0.25, 0.3) is 0 Å². The summed E-state index contributed by atoms with van der Waals surface area (Å²) in [7, 11) is 0. The molecule has 1 rings (SSSR count). The number of hydrogen-bond donors (Lipinski definition) is 2. The summed E-state index contributed by atoms with van der Waals surface area (Å²) >= 11 is 5.32. The van der Waals surface area contributed by atoms with Crippen molar-refractivity contribution in [2.75, 3.05) is 0 Å². The topological polar surface area (TPSA) is 79.4 Å². The summed E-state index contributed by atoms with van der Waals surface area (Å²) in [5.41, 5.74) is -2.42. The average Bonchev–Trinajstić information content (AvgIpc) is 2.13. The number of ether oxygens (including phenoxy) is 1. The largest absolute Gasteiger partial charge is 0.573 e. The first-order valence-electron chi connectivity index (χ1n) is 4.06. The quantitative estimate of drug-likeness (QED) is 0.820. The molecule has 1 heterocycles. The van der Waals surface area contributed by atoms with Crippen LogP contribution in [0.15, 0.2) is 10.9 Å².